The molecule has 1 aliphatic rings. The summed E-state index contributed by atoms with van der Waals surface area (Å²) < 4.78 is 6.35. The van der Waals surface area contributed by atoms with E-state index in [1.54, 1.807) is 0 Å². The second-order valence-electron chi connectivity index (χ2n) is 5.37. The van der Waals surface area contributed by atoms with Crippen LogP contribution in [0.25, 0.3) is 11.4 Å². The van der Waals surface area contributed by atoms with Crippen molar-refractivity contribution in [2.75, 3.05) is 0 Å². The van der Waals surface area contributed by atoms with Crippen LogP contribution in [-0.4, -0.2) is 15.7 Å². The van der Waals surface area contributed by atoms with Gasteiger partial charge in [0.2, 0.25) is 11.7 Å². The van der Waals surface area contributed by atoms with Gasteiger partial charge in [0.05, 0.1) is 0 Å². The molecular formula is C14H16BrN3O. The third-order valence-electron chi connectivity index (χ3n) is 3.75. The van der Waals surface area contributed by atoms with E-state index in [-0.39, 0.29) is 5.54 Å². The van der Waals surface area contributed by atoms with Crippen LogP contribution in [0.2, 0.25) is 0 Å². The summed E-state index contributed by atoms with van der Waals surface area (Å²) in [4.78, 5) is 4.44. The van der Waals surface area contributed by atoms with Crippen molar-refractivity contribution in [3.63, 3.8) is 0 Å². The highest BCUT2D eigenvalue weighted by Crippen LogP contribution is 2.32. The molecule has 1 aromatic carbocycles. The molecule has 1 heterocycles. The Bertz CT molecular complexity index is 604. The second kappa shape index (κ2) is 4.72. The zero-order chi connectivity index (χ0) is 13.5. The molecule has 0 amide bonds. The largest absolute Gasteiger partial charge is 0.339 e. The third kappa shape index (κ3) is 2.58. The maximum atomic E-state index is 6.19. The van der Waals surface area contributed by atoms with E-state index in [9.17, 15) is 0 Å². The molecular weight excluding hydrogens is 306 g/mol. The number of aromatic nitrogens is 2. The van der Waals surface area contributed by atoms with Gasteiger partial charge in [0.1, 0.15) is 0 Å². The Hall–Kier alpha value is -1.20. The van der Waals surface area contributed by atoms with E-state index < -0.39 is 0 Å². The minimum absolute atomic E-state index is 0.127. The Kier molecular flexibility index (Phi) is 3.19. The molecule has 2 N–H and O–H groups in total. The lowest BCUT2D eigenvalue weighted by molar-refractivity contribution is 0.222. The van der Waals surface area contributed by atoms with Gasteiger partial charge in [0.15, 0.2) is 0 Å². The SMILES string of the molecule is Cc1ccc(-c2noc(CC3(N)CCC3)n2)cc1Br. The molecule has 1 aliphatic carbocycles. The molecule has 0 atom stereocenters. The summed E-state index contributed by atoms with van der Waals surface area (Å²) in [6, 6.07) is 6.04. The normalized spacial score (nSPS) is 17.2. The van der Waals surface area contributed by atoms with E-state index in [1.807, 2.05) is 25.1 Å². The van der Waals surface area contributed by atoms with Crippen molar-refractivity contribution in [2.24, 2.45) is 5.73 Å². The Morgan fingerprint density at radius 3 is 2.84 bits per heavy atom. The van der Waals surface area contributed by atoms with E-state index >= 15 is 0 Å². The van der Waals surface area contributed by atoms with Crippen LogP contribution in [0.15, 0.2) is 27.2 Å². The van der Waals surface area contributed by atoms with Crippen LogP contribution >= 0.6 is 15.9 Å². The summed E-state index contributed by atoms with van der Waals surface area (Å²) in [6.07, 6.45) is 3.96. The zero-order valence-electron chi connectivity index (χ0n) is 10.8. The van der Waals surface area contributed by atoms with Crippen LogP contribution in [0.5, 0.6) is 0 Å². The minimum Gasteiger partial charge on any atom is -0.339 e. The average molecular weight is 322 g/mol. The van der Waals surface area contributed by atoms with E-state index in [0.717, 1.165) is 22.9 Å². The molecule has 4 nitrogen and oxygen atoms in total. The smallest absolute Gasteiger partial charge is 0.228 e. The monoisotopic (exact) mass is 321 g/mol. The Morgan fingerprint density at radius 1 is 1.42 bits per heavy atom. The highest BCUT2D eigenvalue weighted by molar-refractivity contribution is 9.10. The summed E-state index contributed by atoms with van der Waals surface area (Å²) in [7, 11) is 0. The topological polar surface area (TPSA) is 64.9 Å². The predicted molar refractivity (Wildman–Crippen MR) is 76.6 cm³/mol. The van der Waals surface area contributed by atoms with Gasteiger partial charge in [-0.05, 0) is 37.8 Å². The minimum atomic E-state index is -0.127. The maximum Gasteiger partial charge on any atom is 0.228 e. The summed E-state index contributed by atoms with van der Waals surface area (Å²) in [5.74, 6) is 1.26. The molecule has 1 aromatic heterocycles. The number of nitrogens with zero attached hydrogens (tertiary/aromatic N) is 2. The van der Waals surface area contributed by atoms with Crippen LogP contribution in [0.3, 0.4) is 0 Å². The van der Waals surface area contributed by atoms with Gasteiger partial charge in [0, 0.05) is 22.0 Å². The number of hydrogen-bond acceptors (Lipinski definition) is 4. The van der Waals surface area contributed by atoms with E-state index in [4.69, 9.17) is 10.3 Å². The number of halogens is 1. The third-order valence-corrected chi connectivity index (χ3v) is 4.61. The Balaban J connectivity index is 1.82. The molecule has 19 heavy (non-hydrogen) atoms. The number of hydrogen-bond donors (Lipinski definition) is 1. The predicted octanol–water partition coefficient (Wildman–Crippen LogP) is 3.23. The van der Waals surface area contributed by atoms with Gasteiger partial charge in [0.25, 0.3) is 0 Å². The van der Waals surface area contributed by atoms with Crippen LogP contribution in [-0.2, 0) is 6.42 Å². The van der Waals surface area contributed by atoms with Crippen molar-refractivity contribution in [3.05, 3.63) is 34.1 Å². The standard InChI is InChI=1S/C14H16BrN3O/c1-9-3-4-10(7-11(9)15)13-17-12(19-18-13)8-14(16)5-2-6-14/h3-4,7H,2,5-6,8,16H2,1H3. The van der Waals surface area contributed by atoms with E-state index in [1.165, 1.54) is 12.0 Å². The zero-order valence-corrected chi connectivity index (χ0v) is 12.4. The summed E-state index contributed by atoms with van der Waals surface area (Å²) in [5.41, 5.74) is 8.20. The first-order valence-electron chi connectivity index (χ1n) is 6.44. The molecule has 5 heteroatoms. The molecule has 1 fully saturated rings. The van der Waals surface area contributed by atoms with Gasteiger partial charge in [-0.15, -0.1) is 0 Å². The number of aryl methyl sites for hydroxylation is 1. The van der Waals surface area contributed by atoms with E-state index in [2.05, 4.69) is 26.1 Å². The summed E-state index contributed by atoms with van der Waals surface area (Å²) in [6.45, 7) is 2.05. The molecule has 100 valence electrons. The van der Waals surface area contributed by atoms with Crippen molar-refractivity contribution >= 4 is 15.9 Å². The molecule has 0 spiro atoms. The van der Waals surface area contributed by atoms with Gasteiger partial charge in [-0.2, -0.15) is 4.98 Å². The highest BCUT2D eigenvalue weighted by atomic mass is 79.9. The highest BCUT2D eigenvalue weighted by Gasteiger charge is 2.34. The number of benzene rings is 1. The first-order valence-corrected chi connectivity index (χ1v) is 7.23. The molecule has 0 unspecified atom stereocenters. The fourth-order valence-electron chi connectivity index (χ4n) is 2.28. The molecule has 0 aliphatic heterocycles. The maximum absolute atomic E-state index is 6.19. The van der Waals surface area contributed by atoms with Gasteiger partial charge in [-0.1, -0.05) is 33.2 Å². The molecule has 0 saturated heterocycles. The molecule has 0 radical (unpaired) electrons. The van der Waals surface area contributed by atoms with E-state index in [0.29, 0.717) is 18.1 Å². The van der Waals surface area contributed by atoms with Crippen molar-refractivity contribution < 1.29 is 4.52 Å². The van der Waals surface area contributed by atoms with Crippen LogP contribution in [0.1, 0.15) is 30.7 Å². The van der Waals surface area contributed by atoms with Crippen molar-refractivity contribution in [2.45, 2.75) is 38.1 Å². The van der Waals surface area contributed by atoms with Crippen molar-refractivity contribution in [3.8, 4) is 11.4 Å². The fourth-order valence-corrected chi connectivity index (χ4v) is 2.66. The lowest BCUT2D eigenvalue weighted by atomic mass is 9.75. The van der Waals surface area contributed by atoms with Gasteiger partial charge >= 0.3 is 0 Å². The van der Waals surface area contributed by atoms with Crippen molar-refractivity contribution in [1.29, 1.82) is 0 Å². The quantitative estimate of drug-likeness (QED) is 0.942. The van der Waals surface area contributed by atoms with Crippen LogP contribution < -0.4 is 5.73 Å². The molecule has 2 aromatic rings. The first kappa shape index (κ1) is 12.8. The lowest BCUT2D eigenvalue weighted by Gasteiger charge is -2.36. The Labute approximate surface area is 120 Å². The van der Waals surface area contributed by atoms with Gasteiger partial charge in [-0.3, -0.25) is 0 Å². The lowest BCUT2D eigenvalue weighted by Crippen LogP contribution is -2.48. The first-order chi connectivity index (χ1) is 9.06. The molecule has 1 saturated carbocycles. The number of nitrogens with two attached hydrogens (primary N) is 1. The van der Waals surface area contributed by atoms with Gasteiger partial charge < -0.3 is 10.3 Å². The summed E-state index contributed by atoms with van der Waals surface area (Å²) >= 11 is 3.51. The van der Waals surface area contributed by atoms with Gasteiger partial charge in [-0.25, -0.2) is 0 Å². The summed E-state index contributed by atoms with van der Waals surface area (Å²) in [5, 5.41) is 4.04. The van der Waals surface area contributed by atoms with Crippen molar-refractivity contribution in [1.82, 2.24) is 10.1 Å². The number of rotatable bonds is 3. The molecule has 3 rings (SSSR count). The fraction of sp³-hybridized carbons (Fsp3) is 0.429. The second-order valence-corrected chi connectivity index (χ2v) is 6.22. The van der Waals surface area contributed by atoms with Crippen LogP contribution in [0, 0.1) is 6.92 Å². The molecule has 0 bridgehead atoms. The Morgan fingerprint density at radius 2 is 2.21 bits per heavy atom. The average Bonchev–Trinajstić information content (AvgIpc) is 2.79. The van der Waals surface area contributed by atoms with Crippen LogP contribution in [0.4, 0.5) is 0 Å².